The molecule has 1 aromatic heterocycles. The SMILES string of the molecule is C[C@@H]1CN(Cc2ccc(-c3ccc(Cl)cc3F)nc2)C(=O)O1. The molecule has 0 unspecified atom stereocenters. The maximum absolute atomic E-state index is 13.9. The number of amides is 1. The van der Waals surface area contributed by atoms with Gasteiger partial charge in [0, 0.05) is 16.8 Å². The molecule has 1 aromatic carbocycles. The fourth-order valence-corrected chi connectivity index (χ4v) is 2.55. The largest absolute Gasteiger partial charge is 0.444 e. The minimum atomic E-state index is -0.412. The third-order valence-corrected chi connectivity index (χ3v) is 3.68. The van der Waals surface area contributed by atoms with E-state index in [4.69, 9.17) is 16.3 Å². The van der Waals surface area contributed by atoms with Gasteiger partial charge in [0.25, 0.3) is 0 Å². The van der Waals surface area contributed by atoms with Crippen molar-refractivity contribution in [1.82, 2.24) is 9.88 Å². The van der Waals surface area contributed by atoms with Crippen molar-refractivity contribution in [3.05, 3.63) is 52.9 Å². The van der Waals surface area contributed by atoms with E-state index in [1.54, 1.807) is 29.3 Å². The summed E-state index contributed by atoms with van der Waals surface area (Å²) in [4.78, 5) is 17.5. The summed E-state index contributed by atoms with van der Waals surface area (Å²) in [5.41, 5.74) is 1.78. The lowest BCUT2D eigenvalue weighted by Gasteiger charge is -2.12. The van der Waals surface area contributed by atoms with Crippen LogP contribution in [0.2, 0.25) is 5.02 Å². The van der Waals surface area contributed by atoms with Gasteiger partial charge in [-0.05, 0) is 36.8 Å². The van der Waals surface area contributed by atoms with Crippen LogP contribution in [0.25, 0.3) is 11.3 Å². The van der Waals surface area contributed by atoms with Crippen LogP contribution in [-0.2, 0) is 11.3 Å². The highest BCUT2D eigenvalue weighted by atomic mass is 35.5. The molecule has 1 aliphatic rings. The predicted octanol–water partition coefficient (Wildman–Crippen LogP) is 3.88. The first-order chi connectivity index (χ1) is 10.5. The van der Waals surface area contributed by atoms with Gasteiger partial charge in [0.05, 0.1) is 18.8 Å². The Morgan fingerprint density at radius 1 is 1.41 bits per heavy atom. The van der Waals surface area contributed by atoms with E-state index in [1.807, 2.05) is 13.0 Å². The maximum atomic E-state index is 13.9. The Hall–Kier alpha value is -2.14. The van der Waals surface area contributed by atoms with Crippen LogP contribution in [0, 0.1) is 5.82 Å². The van der Waals surface area contributed by atoms with E-state index in [-0.39, 0.29) is 12.2 Å². The van der Waals surface area contributed by atoms with E-state index < -0.39 is 5.82 Å². The van der Waals surface area contributed by atoms with E-state index in [0.29, 0.717) is 29.4 Å². The van der Waals surface area contributed by atoms with Gasteiger partial charge in [-0.1, -0.05) is 17.7 Å². The predicted molar refractivity (Wildman–Crippen MR) is 81.0 cm³/mol. The molecule has 1 saturated heterocycles. The second-order valence-electron chi connectivity index (χ2n) is 5.25. The molecular weight excluding hydrogens is 307 g/mol. The molecule has 0 bridgehead atoms. The highest BCUT2D eigenvalue weighted by Gasteiger charge is 2.27. The van der Waals surface area contributed by atoms with Crippen molar-refractivity contribution in [3.8, 4) is 11.3 Å². The van der Waals surface area contributed by atoms with Gasteiger partial charge in [-0.15, -0.1) is 0 Å². The molecule has 114 valence electrons. The second-order valence-corrected chi connectivity index (χ2v) is 5.69. The molecular formula is C16H14ClFN2O2. The molecule has 1 aliphatic heterocycles. The molecule has 0 spiro atoms. The highest BCUT2D eigenvalue weighted by molar-refractivity contribution is 6.30. The molecule has 0 N–H and O–H groups in total. The van der Waals surface area contributed by atoms with Crippen molar-refractivity contribution < 1.29 is 13.9 Å². The van der Waals surface area contributed by atoms with Crippen LogP contribution in [0.1, 0.15) is 12.5 Å². The fraction of sp³-hybridized carbons (Fsp3) is 0.250. The van der Waals surface area contributed by atoms with Crippen LogP contribution in [0.4, 0.5) is 9.18 Å². The number of hydrogen-bond donors (Lipinski definition) is 0. The number of carbonyl (C=O) groups is 1. The third-order valence-electron chi connectivity index (χ3n) is 3.44. The van der Waals surface area contributed by atoms with Crippen molar-refractivity contribution >= 4 is 17.7 Å². The Labute approximate surface area is 132 Å². The monoisotopic (exact) mass is 320 g/mol. The Morgan fingerprint density at radius 2 is 2.23 bits per heavy atom. The second kappa shape index (κ2) is 5.93. The first-order valence-electron chi connectivity index (χ1n) is 6.89. The first-order valence-corrected chi connectivity index (χ1v) is 7.26. The Balaban J connectivity index is 1.77. The first kappa shape index (κ1) is 14.8. The third kappa shape index (κ3) is 3.04. The van der Waals surface area contributed by atoms with E-state index in [2.05, 4.69) is 4.98 Å². The summed E-state index contributed by atoms with van der Waals surface area (Å²) >= 11 is 5.74. The zero-order valence-corrected chi connectivity index (χ0v) is 12.7. The van der Waals surface area contributed by atoms with Gasteiger partial charge >= 0.3 is 6.09 Å². The number of cyclic esters (lactones) is 1. The van der Waals surface area contributed by atoms with Crippen molar-refractivity contribution in [3.63, 3.8) is 0 Å². The Morgan fingerprint density at radius 3 is 2.82 bits per heavy atom. The maximum Gasteiger partial charge on any atom is 0.410 e. The lowest BCUT2D eigenvalue weighted by molar-refractivity contribution is 0.137. The number of aromatic nitrogens is 1. The van der Waals surface area contributed by atoms with Crippen LogP contribution in [-0.4, -0.2) is 28.6 Å². The summed E-state index contributed by atoms with van der Waals surface area (Å²) in [6.07, 6.45) is 1.22. The van der Waals surface area contributed by atoms with Gasteiger partial charge in [0.1, 0.15) is 11.9 Å². The molecule has 1 amide bonds. The van der Waals surface area contributed by atoms with E-state index in [9.17, 15) is 9.18 Å². The summed E-state index contributed by atoms with van der Waals surface area (Å²) in [5, 5.41) is 0.347. The van der Waals surface area contributed by atoms with Gasteiger partial charge in [0.15, 0.2) is 0 Å². The smallest absolute Gasteiger partial charge is 0.410 e. The van der Waals surface area contributed by atoms with Gasteiger partial charge in [0.2, 0.25) is 0 Å². The quantitative estimate of drug-likeness (QED) is 0.862. The van der Waals surface area contributed by atoms with Gasteiger partial charge < -0.3 is 9.64 Å². The van der Waals surface area contributed by atoms with Gasteiger partial charge in [-0.2, -0.15) is 0 Å². The lowest BCUT2D eigenvalue weighted by atomic mass is 10.1. The molecule has 2 heterocycles. The molecule has 1 fully saturated rings. The Kier molecular flexibility index (Phi) is 3.98. The number of rotatable bonds is 3. The molecule has 22 heavy (non-hydrogen) atoms. The number of halogens is 2. The summed E-state index contributed by atoms with van der Waals surface area (Å²) in [6.45, 7) is 2.84. The molecule has 3 rings (SSSR count). The fourth-order valence-electron chi connectivity index (χ4n) is 2.39. The van der Waals surface area contributed by atoms with Crippen LogP contribution < -0.4 is 0 Å². The number of carbonyl (C=O) groups excluding carboxylic acids is 1. The summed E-state index contributed by atoms with van der Waals surface area (Å²) in [6, 6.07) is 8.03. The molecule has 0 aliphatic carbocycles. The Bertz CT molecular complexity index is 706. The van der Waals surface area contributed by atoms with Gasteiger partial charge in [-0.3, -0.25) is 4.98 Å². The zero-order valence-electron chi connectivity index (χ0n) is 11.9. The van der Waals surface area contributed by atoms with Crippen LogP contribution in [0.3, 0.4) is 0 Å². The summed E-state index contributed by atoms with van der Waals surface area (Å²) in [5.74, 6) is -0.412. The molecule has 0 saturated carbocycles. The summed E-state index contributed by atoms with van der Waals surface area (Å²) < 4.78 is 18.9. The number of pyridine rings is 1. The molecule has 4 nitrogen and oxygen atoms in total. The molecule has 2 aromatic rings. The number of hydrogen-bond acceptors (Lipinski definition) is 3. The molecule has 6 heteroatoms. The van der Waals surface area contributed by atoms with Crippen LogP contribution in [0.15, 0.2) is 36.5 Å². The standard InChI is InChI=1S/C16H14ClFN2O2/c1-10-8-20(16(21)22-10)9-11-2-5-15(19-7-11)13-4-3-12(17)6-14(13)18/h2-7,10H,8-9H2,1H3/t10-/m1/s1. The average molecular weight is 321 g/mol. The highest BCUT2D eigenvalue weighted by Crippen LogP contribution is 2.24. The summed E-state index contributed by atoms with van der Waals surface area (Å²) in [7, 11) is 0. The number of nitrogens with zero attached hydrogens (tertiary/aromatic N) is 2. The molecule has 1 atom stereocenters. The number of ether oxygens (including phenoxy) is 1. The molecule has 0 radical (unpaired) electrons. The van der Waals surface area contributed by atoms with Gasteiger partial charge in [-0.25, -0.2) is 9.18 Å². The minimum absolute atomic E-state index is 0.0945. The average Bonchev–Trinajstić information content (AvgIpc) is 2.78. The topological polar surface area (TPSA) is 42.4 Å². The van der Waals surface area contributed by atoms with Crippen LogP contribution >= 0.6 is 11.6 Å². The normalized spacial score (nSPS) is 17.7. The van der Waals surface area contributed by atoms with E-state index in [0.717, 1.165) is 5.56 Å². The van der Waals surface area contributed by atoms with Crippen molar-refractivity contribution in [1.29, 1.82) is 0 Å². The zero-order chi connectivity index (χ0) is 15.7. The van der Waals surface area contributed by atoms with Crippen molar-refractivity contribution in [2.24, 2.45) is 0 Å². The number of benzene rings is 1. The van der Waals surface area contributed by atoms with E-state index >= 15 is 0 Å². The lowest BCUT2D eigenvalue weighted by Crippen LogP contribution is -2.24. The minimum Gasteiger partial charge on any atom is -0.444 e. The van der Waals surface area contributed by atoms with Crippen LogP contribution in [0.5, 0.6) is 0 Å². The van der Waals surface area contributed by atoms with Crippen molar-refractivity contribution in [2.75, 3.05) is 6.54 Å². The van der Waals surface area contributed by atoms with Crippen molar-refractivity contribution in [2.45, 2.75) is 19.6 Å². The van der Waals surface area contributed by atoms with E-state index in [1.165, 1.54) is 6.07 Å².